The standard InChI is InChI=1S/C18H23FN4/c1-22-11-9-14(10-12-22)13-23(2)18-8-7-17(20-21-18)15-3-5-16(19)6-4-15/h3-8,14H,9-13H2,1-2H3. The van der Waals surface area contributed by atoms with Crippen LogP contribution in [0.2, 0.25) is 0 Å². The molecule has 1 saturated heterocycles. The third kappa shape index (κ3) is 4.05. The lowest BCUT2D eigenvalue weighted by atomic mass is 9.97. The number of rotatable bonds is 4. The first kappa shape index (κ1) is 15.9. The van der Waals surface area contributed by atoms with Crippen molar-refractivity contribution in [3.8, 4) is 11.3 Å². The second-order valence-corrected chi connectivity index (χ2v) is 6.41. The largest absolute Gasteiger partial charge is 0.358 e. The van der Waals surface area contributed by atoms with Gasteiger partial charge in [-0.15, -0.1) is 10.2 Å². The molecule has 1 aliphatic heterocycles. The molecule has 0 saturated carbocycles. The molecule has 1 aliphatic rings. The van der Waals surface area contributed by atoms with Crippen LogP contribution in [-0.4, -0.2) is 48.8 Å². The highest BCUT2D eigenvalue weighted by Crippen LogP contribution is 2.21. The summed E-state index contributed by atoms with van der Waals surface area (Å²) in [4.78, 5) is 4.56. The van der Waals surface area contributed by atoms with Gasteiger partial charge in [0.2, 0.25) is 0 Å². The number of piperidine rings is 1. The number of halogens is 1. The molecule has 0 unspecified atom stereocenters. The monoisotopic (exact) mass is 314 g/mol. The van der Waals surface area contributed by atoms with Gasteiger partial charge in [0, 0.05) is 19.2 Å². The van der Waals surface area contributed by atoms with E-state index in [1.54, 1.807) is 12.1 Å². The summed E-state index contributed by atoms with van der Waals surface area (Å²) in [5, 5.41) is 8.61. The minimum atomic E-state index is -0.240. The van der Waals surface area contributed by atoms with Crippen LogP contribution in [0.15, 0.2) is 36.4 Å². The topological polar surface area (TPSA) is 32.3 Å². The molecule has 2 aromatic rings. The highest BCUT2D eigenvalue weighted by Gasteiger charge is 2.18. The van der Waals surface area contributed by atoms with Gasteiger partial charge in [-0.25, -0.2) is 4.39 Å². The molecule has 5 heteroatoms. The molecular weight excluding hydrogens is 291 g/mol. The first-order valence-corrected chi connectivity index (χ1v) is 8.11. The van der Waals surface area contributed by atoms with Crippen molar-refractivity contribution in [1.82, 2.24) is 15.1 Å². The molecule has 1 fully saturated rings. The van der Waals surface area contributed by atoms with Crippen molar-refractivity contribution < 1.29 is 4.39 Å². The van der Waals surface area contributed by atoms with Crippen LogP contribution in [0.25, 0.3) is 11.3 Å². The quantitative estimate of drug-likeness (QED) is 0.868. The number of hydrogen-bond acceptors (Lipinski definition) is 4. The molecule has 0 bridgehead atoms. The maximum Gasteiger partial charge on any atom is 0.151 e. The zero-order valence-corrected chi connectivity index (χ0v) is 13.7. The van der Waals surface area contributed by atoms with Gasteiger partial charge < -0.3 is 9.80 Å². The van der Waals surface area contributed by atoms with E-state index in [2.05, 4.69) is 34.1 Å². The first-order chi connectivity index (χ1) is 11.1. The van der Waals surface area contributed by atoms with Gasteiger partial charge in [0.25, 0.3) is 0 Å². The summed E-state index contributed by atoms with van der Waals surface area (Å²) in [7, 11) is 4.25. The Balaban J connectivity index is 1.63. The van der Waals surface area contributed by atoms with E-state index in [1.165, 1.54) is 38.1 Å². The molecule has 3 rings (SSSR count). The van der Waals surface area contributed by atoms with Crippen LogP contribution in [0, 0.1) is 11.7 Å². The summed E-state index contributed by atoms with van der Waals surface area (Å²) in [5.41, 5.74) is 1.64. The van der Waals surface area contributed by atoms with Gasteiger partial charge in [-0.1, -0.05) is 0 Å². The minimum Gasteiger partial charge on any atom is -0.358 e. The summed E-state index contributed by atoms with van der Waals surface area (Å²) in [6, 6.07) is 10.3. The smallest absolute Gasteiger partial charge is 0.151 e. The Morgan fingerprint density at radius 1 is 1.09 bits per heavy atom. The van der Waals surface area contributed by atoms with E-state index < -0.39 is 0 Å². The third-order valence-corrected chi connectivity index (χ3v) is 4.55. The molecule has 0 N–H and O–H groups in total. The summed E-state index contributed by atoms with van der Waals surface area (Å²) in [6.07, 6.45) is 2.48. The third-order valence-electron chi connectivity index (χ3n) is 4.55. The van der Waals surface area contributed by atoms with Gasteiger partial charge in [0.15, 0.2) is 5.82 Å². The fourth-order valence-corrected chi connectivity index (χ4v) is 3.03. The zero-order valence-electron chi connectivity index (χ0n) is 13.7. The predicted molar refractivity (Wildman–Crippen MR) is 90.9 cm³/mol. The molecule has 2 heterocycles. The predicted octanol–water partition coefficient (Wildman–Crippen LogP) is 3.06. The summed E-state index contributed by atoms with van der Waals surface area (Å²) >= 11 is 0. The van der Waals surface area contributed by atoms with E-state index in [9.17, 15) is 4.39 Å². The van der Waals surface area contributed by atoms with Crippen molar-refractivity contribution in [2.24, 2.45) is 5.92 Å². The van der Waals surface area contributed by atoms with Crippen molar-refractivity contribution in [1.29, 1.82) is 0 Å². The molecular formula is C18H23FN4. The number of hydrogen-bond donors (Lipinski definition) is 0. The highest BCUT2D eigenvalue weighted by molar-refractivity contribution is 5.59. The Labute approximate surface area is 136 Å². The van der Waals surface area contributed by atoms with Crippen LogP contribution in [0.3, 0.4) is 0 Å². The van der Waals surface area contributed by atoms with Crippen LogP contribution >= 0.6 is 0 Å². The maximum atomic E-state index is 13.0. The molecule has 0 spiro atoms. The SMILES string of the molecule is CN1CCC(CN(C)c2ccc(-c3ccc(F)cc3)nn2)CC1. The molecule has 0 aliphatic carbocycles. The second-order valence-electron chi connectivity index (χ2n) is 6.41. The van der Waals surface area contributed by atoms with Gasteiger partial charge in [0.1, 0.15) is 5.82 Å². The summed E-state index contributed by atoms with van der Waals surface area (Å²) < 4.78 is 13.0. The van der Waals surface area contributed by atoms with Gasteiger partial charge in [-0.2, -0.15) is 0 Å². The normalized spacial score (nSPS) is 16.5. The lowest BCUT2D eigenvalue weighted by molar-refractivity contribution is 0.222. The molecule has 0 radical (unpaired) electrons. The van der Waals surface area contributed by atoms with Crippen molar-refractivity contribution >= 4 is 5.82 Å². The molecule has 4 nitrogen and oxygen atoms in total. The Morgan fingerprint density at radius 2 is 1.78 bits per heavy atom. The van der Waals surface area contributed by atoms with Crippen LogP contribution in [0.1, 0.15) is 12.8 Å². The lowest BCUT2D eigenvalue weighted by Crippen LogP contribution is -2.36. The molecule has 1 aromatic heterocycles. The van der Waals surface area contributed by atoms with Crippen LogP contribution in [0.4, 0.5) is 10.2 Å². The highest BCUT2D eigenvalue weighted by atomic mass is 19.1. The number of nitrogens with zero attached hydrogens (tertiary/aromatic N) is 4. The molecule has 1 aromatic carbocycles. The second kappa shape index (κ2) is 7.04. The van der Waals surface area contributed by atoms with E-state index in [0.29, 0.717) is 0 Å². The van der Waals surface area contributed by atoms with E-state index in [4.69, 9.17) is 0 Å². The van der Waals surface area contributed by atoms with Crippen molar-refractivity contribution in [2.75, 3.05) is 38.6 Å². The number of benzene rings is 1. The van der Waals surface area contributed by atoms with Crippen molar-refractivity contribution in [3.63, 3.8) is 0 Å². The molecule has 0 amide bonds. The van der Waals surface area contributed by atoms with Crippen LogP contribution < -0.4 is 4.90 Å². The molecule has 0 atom stereocenters. The van der Waals surface area contributed by atoms with E-state index in [-0.39, 0.29) is 5.82 Å². The number of likely N-dealkylation sites (tertiary alicyclic amines) is 1. The average Bonchev–Trinajstić information content (AvgIpc) is 2.58. The van der Waals surface area contributed by atoms with Gasteiger partial charge in [-0.05, 0) is 75.3 Å². The Hall–Kier alpha value is -2.01. The van der Waals surface area contributed by atoms with Crippen molar-refractivity contribution in [3.05, 3.63) is 42.2 Å². The fourth-order valence-electron chi connectivity index (χ4n) is 3.03. The van der Waals surface area contributed by atoms with Crippen LogP contribution in [0.5, 0.6) is 0 Å². The average molecular weight is 314 g/mol. The summed E-state index contributed by atoms with van der Waals surface area (Å²) in [6.45, 7) is 3.36. The van der Waals surface area contributed by atoms with E-state index >= 15 is 0 Å². The van der Waals surface area contributed by atoms with E-state index in [0.717, 1.165) is 29.5 Å². The van der Waals surface area contributed by atoms with E-state index in [1.807, 2.05) is 12.1 Å². The van der Waals surface area contributed by atoms with Gasteiger partial charge in [-0.3, -0.25) is 0 Å². The Morgan fingerprint density at radius 3 is 2.39 bits per heavy atom. The molecule has 122 valence electrons. The minimum absolute atomic E-state index is 0.240. The molecule has 23 heavy (non-hydrogen) atoms. The lowest BCUT2D eigenvalue weighted by Gasteiger charge is -2.31. The van der Waals surface area contributed by atoms with Crippen molar-refractivity contribution in [2.45, 2.75) is 12.8 Å². The fraction of sp³-hybridized carbons (Fsp3) is 0.444. The van der Waals surface area contributed by atoms with Crippen LogP contribution in [-0.2, 0) is 0 Å². The maximum absolute atomic E-state index is 13.0. The zero-order chi connectivity index (χ0) is 16.2. The first-order valence-electron chi connectivity index (χ1n) is 8.11. The summed E-state index contributed by atoms with van der Waals surface area (Å²) in [5.74, 6) is 1.36. The number of aromatic nitrogens is 2. The number of anilines is 1. The van der Waals surface area contributed by atoms with Gasteiger partial charge >= 0.3 is 0 Å². The Kier molecular flexibility index (Phi) is 4.86. The Bertz CT molecular complexity index is 618. The van der Waals surface area contributed by atoms with Gasteiger partial charge in [0.05, 0.1) is 5.69 Å².